The van der Waals surface area contributed by atoms with Crippen molar-refractivity contribution in [2.75, 3.05) is 26.2 Å². The molecule has 3 amide bonds. The van der Waals surface area contributed by atoms with Crippen molar-refractivity contribution in [1.29, 1.82) is 5.41 Å². The molecule has 0 spiro atoms. The van der Waals surface area contributed by atoms with Crippen LogP contribution in [-0.4, -0.2) is 89.0 Å². The van der Waals surface area contributed by atoms with Gasteiger partial charge in [-0.1, -0.05) is 18.2 Å². The molecule has 3 aliphatic rings. The lowest BCUT2D eigenvalue weighted by atomic mass is 9.71. The van der Waals surface area contributed by atoms with E-state index >= 15 is 0 Å². The fraction of sp³-hybridized carbons (Fsp3) is 0.562. The molecule has 1 unspecified atom stereocenters. The third-order valence-electron chi connectivity index (χ3n) is 8.51. The third kappa shape index (κ3) is 8.10. The summed E-state index contributed by atoms with van der Waals surface area (Å²) in [5.41, 5.74) is 0.473. The summed E-state index contributed by atoms with van der Waals surface area (Å²) in [5.74, 6) is -2.51. The number of amides is 3. The maximum Gasteiger partial charge on any atom is 0.329 e. The van der Waals surface area contributed by atoms with E-state index in [1.807, 2.05) is 42.1 Å². The van der Waals surface area contributed by atoms with E-state index in [0.717, 1.165) is 55.4 Å². The molecule has 2 atom stereocenters. The minimum Gasteiger partial charge on any atom is -0.458 e. The van der Waals surface area contributed by atoms with E-state index in [4.69, 9.17) is 10.1 Å². The Hall–Kier alpha value is -4.06. The average Bonchev–Trinajstić information content (AvgIpc) is 3.32. The first kappa shape index (κ1) is 32.8. The van der Waals surface area contributed by atoms with Crippen LogP contribution in [0.15, 0.2) is 30.5 Å². The van der Waals surface area contributed by atoms with E-state index in [0.29, 0.717) is 6.21 Å². The normalized spacial score (nSPS) is 20.8. The van der Waals surface area contributed by atoms with Gasteiger partial charge in [0.25, 0.3) is 0 Å². The molecule has 44 heavy (non-hydrogen) atoms. The van der Waals surface area contributed by atoms with Crippen LogP contribution in [0.25, 0.3) is 10.9 Å². The summed E-state index contributed by atoms with van der Waals surface area (Å²) in [6.07, 6.45) is 4.76. The van der Waals surface area contributed by atoms with Crippen LogP contribution in [0.1, 0.15) is 58.4 Å². The molecule has 3 saturated heterocycles. The molecule has 1 aromatic carbocycles. The first-order valence-corrected chi connectivity index (χ1v) is 15.2. The number of nitrogens with one attached hydrogen (secondary N) is 4. The van der Waals surface area contributed by atoms with Gasteiger partial charge in [-0.3, -0.25) is 19.2 Å². The summed E-state index contributed by atoms with van der Waals surface area (Å²) in [7, 11) is 1.89. The van der Waals surface area contributed by atoms with Crippen molar-refractivity contribution >= 4 is 46.6 Å². The first-order valence-electron chi connectivity index (χ1n) is 15.2. The number of ketones is 1. The number of aryl methyl sites for hydroxylation is 1. The molecule has 5 rings (SSSR count). The lowest BCUT2D eigenvalue weighted by Crippen LogP contribution is -2.57. The molecular weight excluding hydrogens is 564 g/mol. The summed E-state index contributed by atoms with van der Waals surface area (Å²) in [6, 6.07) is 5.43. The minimum absolute atomic E-state index is 0.0701. The predicted octanol–water partition coefficient (Wildman–Crippen LogP) is 1.63. The molecule has 12 heteroatoms. The molecule has 1 aromatic heterocycles. The zero-order valence-corrected chi connectivity index (χ0v) is 26.0. The average molecular weight is 609 g/mol. The Bertz CT molecular complexity index is 1400. The molecule has 4 N–H and O–H groups in total. The predicted molar refractivity (Wildman–Crippen MR) is 165 cm³/mol. The number of nitrogens with zero attached hydrogens (tertiary/aromatic N) is 2. The molecule has 4 heterocycles. The fourth-order valence-electron chi connectivity index (χ4n) is 6.03. The highest BCUT2D eigenvalue weighted by Crippen LogP contribution is 2.40. The van der Waals surface area contributed by atoms with Crippen molar-refractivity contribution < 1.29 is 28.7 Å². The van der Waals surface area contributed by atoms with Crippen LogP contribution in [-0.2, 0) is 42.2 Å². The summed E-state index contributed by atoms with van der Waals surface area (Å²) < 4.78 is 7.42. The highest BCUT2D eigenvalue weighted by Gasteiger charge is 2.45. The van der Waals surface area contributed by atoms with Crippen molar-refractivity contribution in [2.45, 2.75) is 77.0 Å². The van der Waals surface area contributed by atoms with E-state index in [9.17, 15) is 24.0 Å². The number of fused-ring (bicyclic) bond motifs is 4. The lowest BCUT2D eigenvalue weighted by Gasteiger charge is -2.47. The van der Waals surface area contributed by atoms with Gasteiger partial charge in [-0.25, -0.2) is 4.79 Å². The summed E-state index contributed by atoms with van der Waals surface area (Å²) in [5, 5.41) is 16.3. The smallest absolute Gasteiger partial charge is 0.329 e. The molecule has 2 aromatic rings. The Morgan fingerprint density at radius 3 is 2.32 bits per heavy atom. The van der Waals surface area contributed by atoms with Gasteiger partial charge in [0.15, 0.2) is 5.78 Å². The van der Waals surface area contributed by atoms with Gasteiger partial charge in [0.1, 0.15) is 17.7 Å². The third-order valence-corrected chi connectivity index (χ3v) is 8.51. The van der Waals surface area contributed by atoms with Gasteiger partial charge < -0.3 is 35.6 Å². The van der Waals surface area contributed by atoms with E-state index in [1.165, 1.54) is 0 Å². The maximum atomic E-state index is 13.7. The standard InChI is InChI=1S/C32H44N6O6/c1-31(2,3)44-29(42)24(10-9-22(39)18-33)36-28(41)25(17-21-20-37(4)26-8-6-5-7-23(21)26)35-27(40)19-34-30(43)32-11-14-38(15-12-32)16-13-32/h5-8,18,20,24-25,33H,9-17,19H2,1-4H3,(H,34,43)(H,35,40)(H,36,41)/t24-,25?/m0/s1. The highest BCUT2D eigenvalue weighted by molar-refractivity contribution is 6.26. The quantitative estimate of drug-likeness (QED) is 0.198. The van der Waals surface area contributed by atoms with Gasteiger partial charge in [0.2, 0.25) is 17.7 Å². The Balaban J connectivity index is 1.51. The molecule has 0 radical (unpaired) electrons. The van der Waals surface area contributed by atoms with Crippen molar-refractivity contribution in [3.8, 4) is 0 Å². The number of hydrogen-bond donors (Lipinski definition) is 4. The number of carbonyl (C=O) groups excluding carboxylic acids is 5. The Morgan fingerprint density at radius 1 is 1.02 bits per heavy atom. The Labute approximate surface area is 257 Å². The van der Waals surface area contributed by atoms with Crippen molar-refractivity contribution in [3.63, 3.8) is 0 Å². The maximum absolute atomic E-state index is 13.7. The zero-order valence-electron chi connectivity index (χ0n) is 26.0. The minimum atomic E-state index is -1.17. The molecule has 238 valence electrons. The summed E-state index contributed by atoms with van der Waals surface area (Å²) >= 11 is 0. The van der Waals surface area contributed by atoms with Crippen LogP contribution in [0.3, 0.4) is 0 Å². The number of Topliss-reactive ketones (excluding diaryl/α,β-unsaturated/α-hetero) is 1. The van der Waals surface area contributed by atoms with Gasteiger partial charge in [-0.2, -0.15) is 0 Å². The number of rotatable bonds is 13. The SMILES string of the molecule is Cn1cc(CC(NC(=O)CNC(=O)C23CCN(CC2)CC3)C(=O)N[C@@H](CCC(=O)C=N)C(=O)OC(C)(C)C)c2ccccc21. The number of para-hydroxylation sites is 1. The summed E-state index contributed by atoms with van der Waals surface area (Å²) in [4.78, 5) is 67.3. The van der Waals surface area contributed by atoms with E-state index < -0.39 is 46.7 Å². The zero-order chi connectivity index (χ0) is 32.1. The second kappa shape index (κ2) is 13.7. The van der Waals surface area contributed by atoms with Crippen LogP contribution in [0.5, 0.6) is 0 Å². The summed E-state index contributed by atoms with van der Waals surface area (Å²) in [6.45, 7) is 7.42. The van der Waals surface area contributed by atoms with Crippen molar-refractivity contribution in [1.82, 2.24) is 25.4 Å². The van der Waals surface area contributed by atoms with Crippen LogP contribution in [0, 0.1) is 10.8 Å². The second-order valence-corrected chi connectivity index (χ2v) is 12.9. The fourth-order valence-corrected chi connectivity index (χ4v) is 6.03. The lowest BCUT2D eigenvalue weighted by molar-refractivity contribution is -0.159. The van der Waals surface area contributed by atoms with E-state index in [2.05, 4.69) is 20.9 Å². The first-order chi connectivity index (χ1) is 20.8. The number of esters is 1. The second-order valence-electron chi connectivity index (χ2n) is 12.9. The Morgan fingerprint density at radius 2 is 1.68 bits per heavy atom. The number of ether oxygens (including phenoxy) is 1. The molecule has 12 nitrogen and oxygen atoms in total. The van der Waals surface area contributed by atoms with Gasteiger partial charge in [0.05, 0.1) is 18.2 Å². The highest BCUT2D eigenvalue weighted by atomic mass is 16.6. The topological polar surface area (TPSA) is 163 Å². The number of piperidine rings is 3. The molecule has 0 aliphatic carbocycles. The van der Waals surface area contributed by atoms with Gasteiger partial charge in [-0.05, 0) is 77.7 Å². The van der Waals surface area contributed by atoms with Crippen LogP contribution < -0.4 is 16.0 Å². The number of benzene rings is 1. The van der Waals surface area contributed by atoms with Crippen molar-refractivity contribution in [2.24, 2.45) is 12.5 Å². The largest absolute Gasteiger partial charge is 0.458 e. The molecular formula is C32H44N6O6. The molecule has 2 bridgehead atoms. The Kier molecular flexibility index (Phi) is 10.2. The van der Waals surface area contributed by atoms with Crippen molar-refractivity contribution in [3.05, 3.63) is 36.0 Å². The van der Waals surface area contributed by atoms with Crippen LogP contribution in [0.4, 0.5) is 0 Å². The van der Waals surface area contributed by atoms with E-state index in [1.54, 1.807) is 20.8 Å². The molecule has 0 saturated carbocycles. The van der Waals surface area contributed by atoms with Gasteiger partial charge >= 0.3 is 5.97 Å². The molecule has 3 aliphatic heterocycles. The van der Waals surface area contributed by atoms with E-state index in [-0.39, 0.29) is 31.7 Å². The van der Waals surface area contributed by atoms with Gasteiger partial charge in [0, 0.05) is 37.0 Å². The number of aromatic nitrogens is 1. The number of hydrogen-bond acceptors (Lipinski definition) is 8. The van der Waals surface area contributed by atoms with Crippen LogP contribution >= 0.6 is 0 Å². The molecule has 3 fully saturated rings. The monoisotopic (exact) mass is 608 g/mol. The van der Waals surface area contributed by atoms with Gasteiger partial charge in [-0.15, -0.1) is 0 Å². The number of carbonyl (C=O) groups is 5. The van der Waals surface area contributed by atoms with Crippen LogP contribution in [0.2, 0.25) is 0 Å².